The van der Waals surface area contributed by atoms with E-state index in [4.69, 9.17) is 0 Å². The maximum Gasteiger partial charge on any atom is 0.276 e. The number of carbonyl (C=O) groups is 1. The summed E-state index contributed by atoms with van der Waals surface area (Å²) in [5.41, 5.74) is 2.40. The molecular formula is C20H21N5O. The quantitative estimate of drug-likeness (QED) is 0.686. The van der Waals surface area contributed by atoms with Crippen LogP contribution in [0.2, 0.25) is 0 Å². The maximum atomic E-state index is 12.7. The molecule has 2 heterocycles. The first-order valence-electron chi connectivity index (χ1n) is 8.40. The fourth-order valence-corrected chi connectivity index (χ4v) is 2.57. The van der Waals surface area contributed by atoms with Gasteiger partial charge in [0.05, 0.1) is 0 Å². The molecule has 1 amide bonds. The number of para-hydroxylation sites is 1. The van der Waals surface area contributed by atoms with Gasteiger partial charge >= 0.3 is 0 Å². The molecule has 0 aliphatic heterocycles. The monoisotopic (exact) mass is 347 g/mol. The number of aromatic nitrogens is 3. The number of benzene rings is 1. The lowest BCUT2D eigenvalue weighted by molar-refractivity contribution is 0.0988. The van der Waals surface area contributed by atoms with Gasteiger partial charge in [0.15, 0.2) is 0 Å². The van der Waals surface area contributed by atoms with Crippen molar-refractivity contribution in [3.05, 3.63) is 78.5 Å². The Bertz CT molecular complexity index is 854. The normalized spacial score (nSPS) is 10.4. The molecule has 0 aliphatic rings. The van der Waals surface area contributed by atoms with E-state index in [1.165, 1.54) is 11.9 Å². The van der Waals surface area contributed by atoms with Gasteiger partial charge in [0, 0.05) is 44.8 Å². The fraction of sp³-hybridized carbons (Fsp3) is 0.200. The van der Waals surface area contributed by atoms with Crippen molar-refractivity contribution in [3.63, 3.8) is 0 Å². The molecule has 0 saturated heterocycles. The molecule has 0 saturated carbocycles. The summed E-state index contributed by atoms with van der Waals surface area (Å²) in [5.74, 6) is 0.557. The van der Waals surface area contributed by atoms with Gasteiger partial charge in [-0.2, -0.15) is 0 Å². The Kier molecular flexibility index (Phi) is 5.53. The lowest BCUT2D eigenvalue weighted by Gasteiger charge is -2.20. The van der Waals surface area contributed by atoms with Crippen molar-refractivity contribution in [1.82, 2.24) is 15.0 Å². The van der Waals surface area contributed by atoms with Gasteiger partial charge in [0.25, 0.3) is 5.91 Å². The Balaban J connectivity index is 1.70. The average Bonchev–Trinajstić information content (AvgIpc) is 2.72. The Morgan fingerprint density at radius 3 is 2.46 bits per heavy atom. The minimum atomic E-state index is -0.164. The third-order valence-electron chi connectivity index (χ3n) is 4.20. The van der Waals surface area contributed by atoms with Crippen molar-refractivity contribution >= 4 is 17.4 Å². The number of nitrogens with zero attached hydrogens (tertiary/aromatic N) is 5. The van der Waals surface area contributed by atoms with Crippen LogP contribution in [0.1, 0.15) is 16.1 Å². The Hall–Kier alpha value is -3.28. The predicted molar refractivity (Wildman–Crippen MR) is 102 cm³/mol. The number of likely N-dealkylation sites (N-methyl/N-ethyl adjacent to an activating group) is 1. The average molecular weight is 347 g/mol. The maximum absolute atomic E-state index is 12.7. The van der Waals surface area contributed by atoms with E-state index < -0.39 is 0 Å². The zero-order valence-corrected chi connectivity index (χ0v) is 14.9. The summed E-state index contributed by atoms with van der Waals surface area (Å²) >= 11 is 0. The van der Waals surface area contributed by atoms with Crippen LogP contribution in [0.5, 0.6) is 0 Å². The fourth-order valence-electron chi connectivity index (χ4n) is 2.57. The first-order valence-corrected chi connectivity index (χ1v) is 8.40. The highest BCUT2D eigenvalue weighted by molar-refractivity contribution is 6.04. The van der Waals surface area contributed by atoms with Crippen LogP contribution in [-0.2, 0) is 6.42 Å². The summed E-state index contributed by atoms with van der Waals surface area (Å²) in [7, 11) is 3.70. The summed E-state index contributed by atoms with van der Waals surface area (Å²) in [6.45, 7) is 0.781. The van der Waals surface area contributed by atoms with E-state index >= 15 is 0 Å². The van der Waals surface area contributed by atoms with Gasteiger partial charge in [-0.15, -0.1) is 0 Å². The number of pyridine rings is 1. The van der Waals surface area contributed by atoms with Gasteiger partial charge in [-0.1, -0.05) is 18.2 Å². The predicted octanol–water partition coefficient (Wildman–Crippen LogP) is 2.83. The molecule has 0 aliphatic carbocycles. The first kappa shape index (κ1) is 17.5. The molecule has 0 bridgehead atoms. The first-order chi connectivity index (χ1) is 12.6. The summed E-state index contributed by atoms with van der Waals surface area (Å²) in [6, 6.07) is 15.2. The lowest BCUT2D eigenvalue weighted by Crippen LogP contribution is -2.28. The topological polar surface area (TPSA) is 62.2 Å². The van der Waals surface area contributed by atoms with E-state index in [2.05, 4.69) is 15.0 Å². The molecule has 1 aromatic carbocycles. The summed E-state index contributed by atoms with van der Waals surface area (Å²) < 4.78 is 0. The van der Waals surface area contributed by atoms with Crippen molar-refractivity contribution < 1.29 is 4.79 Å². The highest BCUT2D eigenvalue weighted by Gasteiger charge is 2.16. The van der Waals surface area contributed by atoms with Gasteiger partial charge in [-0.3, -0.25) is 9.78 Å². The van der Waals surface area contributed by atoms with Crippen LogP contribution in [0.15, 0.2) is 67.3 Å². The van der Waals surface area contributed by atoms with Crippen LogP contribution in [0.25, 0.3) is 0 Å². The highest BCUT2D eigenvalue weighted by atomic mass is 16.2. The smallest absolute Gasteiger partial charge is 0.276 e. The summed E-state index contributed by atoms with van der Waals surface area (Å²) in [5, 5.41) is 0. The summed E-state index contributed by atoms with van der Waals surface area (Å²) in [6.07, 6.45) is 5.88. The van der Waals surface area contributed by atoms with Gasteiger partial charge in [0.2, 0.25) is 0 Å². The molecule has 3 rings (SSSR count). The number of anilines is 2. The van der Waals surface area contributed by atoms with Crippen molar-refractivity contribution in [2.75, 3.05) is 30.4 Å². The van der Waals surface area contributed by atoms with Crippen LogP contribution in [0.3, 0.4) is 0 Å². The molecule has 2 aromatic heterocycles. The molecule has 0 N–H and O–H groups in total. The minimum absolute atomic E-state index is 0.164. The Labute approximate surface area is 153 Å². The molecule has 0 spiro atoms. The van der Waals surface area contributed by atoms with Gasteiger partial charge in [0.1, 0.15) is 17.8 Å². The van der Waals surface area contributed by atoms with Crippen molar-refractivity contribution in [1.29, 1.82) is 0 Å². The van der Waals surface area contributed by atoms with Crippen molar-refractivity contribution in [2.45, 2.75) is 6.42 Å². The second kappa shape index (κ2) is 8.20. The zero-order chi connectivity index (χ0) is 18.4. The largest absolute Gasteiger partial charge is 0.359 e. The van der Waals surface area contributed by atoms with Gasteiger partial charge < -0.3 is 9.80 Å². The molecule has 0 fully saturated rings. The van der Waals surface area contributed by atoms with E-state index in [0.717, 1.165) is 24.5 Å². The third-order valence-corrected chi connectivity index (χ3v) is 4.20. The Morgan fingerprint density at radius 1 is 1.00 bits per heavy atom. The number of amides is 1. The second-order valence-electron chi connectivity index (χ2n) is 5.99. The highest BCUT2D eigenvalue weighted by Crippen LogP contribution is 2.16. The SMILES string of the molecule is CN(CCc1ccncc1)c1cc(C(=O)N(C)c2ccccc2)ncn1. The molecule has 6 heteroatoms. The molecule has 0 unspecified atom stereocenters. The van der Waals surface area contributed by atoms with Crippen molar-refractivity contribution in [2.24, 2.45) is 0 Å². The molecule has 3 aromatic rings. The molecule has 6 nitrogen and oxygen atoms in total. The standard InChI is InChI=1S/C20H21N5O/c1-24(13-10-16-8-11-21-12-9-16)19-14-18(22-15-23-19)20(26)25(2)17-6-4-3-5-7-17/h3-9,11-12,14-15H,10,13H2,1-2H3. The molecule has 0 radical (unpaired) electrons. The van der Waals surface area contributed by atoms with Crippen LogP contribution >= 0.6 is 0 Å². The van der Waals surface area contributed by atoms with Gasteiger partial charge in [-0.05, 0) is 36.2 Å². The van der Waals surface area contributed by atoms with E-state index in [0.29, 0.717) is 5.69 Å². The molecule has 132 valence electrons. The molecule has 0 atom stereocenters. The lowest BCUT2D eigenvalue weighted by atomic mass is 10.2. The third kappa shape index (κ3) is 4.22. The van der Waals surface area contributed by atoms with E-state index in [-0.39, 0.29) is 5.91 Å². The van der Waals surface area contributed by atoms with Crippen LogP contribution < -0.4 is 9.80 Å². The van der Waals surface area contributed by atoms with E-state index in [1.807, 2.05) is 54.4 Å². The van der Waals surface area contributed by atoms with E-state index in [1.54, 1.807) is 30.4 Å². The van der Waals surface area contributed by atoms with Crippen molar-refractivity contribution in [3.8, 4) is 0 Å². The molecular weight excluding hydrogens is 326 g/mol. The van der Waals surface area contributed by atoms with Gasteiger partial charge in [-0.25, -0.2) is 9.97 Å². The van der Waals surface area contributed by atoms with E-state index in [9.17, 15) is 4.79 Å². The van der Waals surface area contributed by atoms with Crippen LogP contribution in [0, 0.1) is 0 Å². The minimum Gasteiger partial charge on any atom is -0.359 e. The number of hydrogen-bond acceptors (Lipinski definition) is 5. The molecule has 26 heavy (non-hydrogen) atoms. The number of rotatable bonds is 6. The number of carbonyl (C=O) groups excluding carboxylic acids is 1. The second-order valence-corrected chi connectivity index (χ2v) is 5.99. The van der Waals surface area contributed by atoms with Crippen LogP contribution in [-0.4, -0.2) is 41.5 Å². The Morgan fingerprint density at radius 2 is 1.73 bits per heavy atom. The zero-order valence-electron chi connectivity index (χ0n) is 14.9. The summed E-state index contributed by atoms with van der Waals surface area (Å²) in [4.78, 5) is 28.8. The van der Waals surface area contributed by atoms with Crippen LogP contribution in [0.4, 0.5) is 11.5 Å². The number of hydrogen-bond donors (Lipinski definition) is 0.